The Bertz CT molecular complexity index is 705. The number of ether oxygens (including phenoxy) is 1. The van der Waals surface area contributed by atoms with Crippen LogP contribution >= 0.6 is 24.0 Å². The van der Waals surface area contributed by atoms with Crippen LogP contribution in [0.4, 0.5) is 0 Å². The minimum atomic E-state index is 0.773. The van der Waals surface area contributed by atoms with Crippen LogP contribution in [0, 0.1) is 0 Å². The molecule has 0 aliphatic heterocycles. The number of methoxy groups -OCH3 is 1. The summed E-state index contributed by atoms with van der Waals surface area (Å²) in [6, 6.07) is 18.2. The Kier molecular flexibility index (Phi) is 3.76. The van der Waals surface area contributed by atoms with E-state index in [1.54, 1.807) is 18.4 Å². The number of aromatic nitrogens is 1. The highest BCUT2D eigenvalue weighted by molar-refractivity contribution is 7.82. The highest BCUT2D eigenvalue weighted by atomic mass is 32.2. The van der Waals surface area contributed by atoms with Crippen LogP contribution in [0.15, 0.2) is 58.9 Å². The summed E-state index contributed by atoms with van der Waals surface area (Å²) in [4.78, 5) is 5.68. The molecule has 20 heavy (non-hydrogen) atoms. The molecule has 0 saturated heterocycles. The highest BCUT2D eigenvalue weighted by Gasteiger charge is 2.13. The molecule has 0 amide bonds. The second-order valence-corrected chi connectivity index (χ2v) is 5.99. The van der Waals surface area contributed by atoms with Gasteiger partial charge in [-0.2, -0.15) is 0 Å². The van der Waals surface area contributed by atoms with E-state index in [4.69, 9.17) is 4.74 Å². The molecule has 2 nitrogen and oxygen atoms in total. The second-order valence-electron chi connectivity index (χ2n) is 4.27. The van der Waals surface area contributed by atoms with Gasteiger partial charge in [0.1, 0.15) is 10.1 Å². The third kappa shape index (κ3) is 2.57. The highest BCUT2D eigenvalue weighted by Crippen LogP contribution is 2.38. The van der Waals surface area contributed by atoms with Crippen LogP contribution in [-0.2, 0) is 0 Å². The first-order valence-electron chi connectivity index (χ1n) is 6.17. The Morgan fingerprint density at radius 2 is 1.65 bits per heavy atom. The van der Waals surface area contributed by atoms with E-state index < -0.39 is 0 Å². The van der Waals surface area contributed by atoms with Crippen LogP contribution in [0.3, 0.4) is 0 Å². The lowest BCUT2D eigenvalue weighted by Gasteiger charge is -2.04. The Morgan fingerprint density at radius 1 is 0.950 bits per heavy atom. The lowest BCUT2D eigenvalue weighted by atomic mass is 10.1. The SMILES string of the molecule is COc1ccc(-c2sc(S)nc2-c2ccccc2)cc1. The Morgan fingerprint density at radius 3 is 2.30 bits per heavy atom. The van der Waals surface area contributed by atoms with Crippen molar-refractivity contribution >= 4 is 24.0 Å². The van der Waals surface area contributed by atoms with Gasteiger partial charge in [0.2, 0.25) is 0 Å². The zero-order valence-corrected chi connectivity index (χ0v) is 12.6. The number of benzene rings is 2. The third-order valence-electron chi connectivity index (χ3n) is 3.02. The van der Waals surface area contributed by atoms with Gasteiger partial charge < -0.3 is 4.74 Å². The molecule has 0 fully saturated rings. The van der Waals surface area contributed by atoms with Gasteiger partial charge in [0.15, 0.2) is 0 Å². The smallest absolute Gasteiger partial charge is 0.148 e. The zero-order valence-electron chi connectivity index (χ0n) is 10.9. The summed E-state index contributed by atoms with van der Waals surface area (Å²) in [5.74, 6) is 0.852. The van der Waals surface area contributed by atoms with E-state index in [1.807, 2.05) is 42.5 Å². The lowest BCUT2D eigenvalue weighted by Crippen LogP contribution is -1.84. The van der Waals surface area contributed by atoms with E-state index in [-0.39, 0.29) is 0 Å². The molecule has 1 heterocycles. The fourth-order valence-electron chi connectivity index (χ4n) is 2.04. The molecule has 0 aliphatic rings. The van der Waals surface area contributed by atoms with Crippen molar-refractivity contribution in [2.24, 2.45) is 0 Å². The number of hydrogen-bond donors (Lipinski definition) is 1. The molecule has 0 aliphatic carbocycles. The van der Waals surface area contributed by atoms with Crippen molar-refractivity contribution in [3.05, 3.63) is 54.6 Å². The first-order chi connectivity index (χ1) is 9.78. The van der Waals surface area contributed by atoms with Crippen molar-refractivity contribution in [2.75, 3.05) is 7.11 Å². The van der Waals surface area contributed by atoms with Crippen molar-refractivity contribution in [3.8, 4) is 27.4 Å². The molecule has 3 aromatic rings. The van der Waals surface area contributed by atoms with Crippen molar-refractivity contribution in [1.82, 2.24) is 4.98 Å². The Balaban J connectivity index is 2.09. The summed E-state index contributed by atoms with van der Waals surface area (Å²) in [7, 11) is 1.67. The fourth-order valence-corrected chi connectivity index (χ4v) is 3.25. The molecular formula is C16H13NOS2. The van der Waals surface area contributed by atoms with Crippen LogP contribution in [0.1, 0.15) is 0 Å². The standard InChI is InChI=1S/C16H13NOS2/c1-18-13-9-7-12(8-10-13)15-14(17-16(19)20-15)11-5-3-2-4-6-11/h2-10H,1H3,(H,17,19). The quantitative estimate of drug-likeness (QED) is 0.703. The normalized spacial score (nSPS) is 10.5. The molecule has 1 aromatic heterocycles. The van der Waals surface area contributed by atoms with Gasteiger partial charge in [-0.25, -0.2) is 4.98 Å². The van der Waals surface area contributed by atoms with E-state index in [9.17, 15) is 0 Å². The van der Waals surface area contributed by atoms with Crippen LogP contribution in [-0.4, -0.2) is 12.1 Å². The topological polar surface area (TPSA) is 22.1 Å². The van der Waals surface area contributed by atoms with Gasteiger partial charge >= 0.3 is 0 Å². The Hall–Kier alpha value is -1.78. The van der Waals surface area contributed by atoms with Gasteiger partial charge in [-0.1, -0.05) is 30.3 Å². The number of rotatable bonds is 3. The molecule has 0 radical (unpaired) electrons. The Labute approximate surface area is 127 Å². The van der Waals surface area contributed by atoms with E-state index in [1.165, 1.54) is 0 Å². The third-order valence-corrected chi connectivity index (χ3v) is 4.30. The maximum atomic E-state index is 5.20. The molecule has 0 N–H and O–H groups in total. The van der Waals surface area contributed by atoms with Gasteiger partial charge in [-0.05, 0) is 29.8 Å². The summed E-state index contributed by atoms with van der Waals surface area (Å²) in [6.07, 6.45) is 0. The molecule has 100 valence electrons. The predicted molar refractivity (Wildman–Crippen MR) is 86.8 cm³/mol. The molecule has 0 bridgehead atoms. The van der Waals surface area contributed by atoms with Crippen molar-refractivity contribution in [1.29, 1.82) is 0 Å². The van der Waals surface area contributed by atoms with Crippen LogP contribution in [0.2, 0.25) is 0 Å². The lowest BCUT2D eigenvalue weighted by molar-refractivity contribution is 0.415. The molecular weight excluding hydrogens is 286 g/mol. The summed E-state index contributed by atoms with van der Waals surface area (Å²) in [6.45, 7) is 0. The maximum absolute atomic E-state index is 5.20. The van der Waals surface area contributed by atoms with Crippen molar-refractivity contribution < 1.29 is 4.74 Å². The van der Waals surface area contributed by atoms with Crippen LogP contribution < -0.4 is 4.74 Å². The van der Waals surface area contributed by atoms with E-state index in [0.717, 1.165) is 31.8 Å². The molecule has 4 heteroatoms. The first-order valence-corrected chi connectivity index (χ1v) is 7.44. The van der Waals surface area contributed by atoms with Crippen LogP contribution in [0.5, 0.6) is 5.75 Å². The molecule has 0 unspecified atom stereocenters. The van der Waals surface area contributed by atoms with Gasteiger partial charge in [0.05, 0.1) is 17.7 Å². The fraction of sp³-hybridized carbons (Fsp3) is 0.0625. The summed E-state index contributed by atoms with van der Waals surface area (Å²) >= 11 is 5.98. The monoisotopic (exact) mass is 299 g/mol. The van der Waals surface area contributed by atoms with E-state index in [2.05, 4.69) is 29.7 Å². The average molecular weight is 299 g/mol. The maximum Gasteiger partial charge on any atom is 0.148 e. The number of nitrogens with zero attached hydrogens (tertiary/aromatic N) is 1. The zero-order chi connectivity index (χ0) is 13.9. The largest absolute Gasteiger partial charge is 0.497 e. The summed E-state index contributed by atoms with van der Waals surface area (Å²) in [5, 5.41) is 0. The summed E-state index contributed by atoms with van der Waals surface area (Å²) in [5.41, 5.74) is 3.21. The van der Waals surface area contributed by atoms with Crippen LogP contribution in [0.25, 0.3) is 21.7 Å². The van der Waals surface area contributed by atoms with Gasteiger partial charge in [-0.15, -0.1) is 24.0 Å². The van der Waals surface area contributed by atoms with E-state index in [0.29, 0.717) is 0 Å². The molecule has 0 spiro atoms. The predicted octanol–water partition coefficient (Wildman–Crippen LogP) is 4.77. The first kappa shape index (κ1) is 13.2. The van der Waals surface area contributed by atoms with Gasteiger partial charge in [-0.3, -0.25) is 0 Å². The molecule has 0 atom stereocenters. The number of thiol groups is 1. The van der Waals surface area contributed by atoms with Crippen molar-refractivity contribution in [3.63, 3.8) is 0 Å². The van der Waals surface area contributed by atoms with E-state index >= 15 is 0 Å². The number of thiazole rings is 1. The average Bonchev–Trinajstić information content (AvgIpc) is 2.90. The van der Waals surface area contributed by atoms with Gasteiger partial charge in [0, 0.05) is 5.56 Å². The minimum absolute atomic E-state index is 0.773. The minimum Gasteiger partial charge on any atom is -0.497 e. The molecule has 3 rings (SSSR count). The summed E-state index contributed by atoms with van der Waals surface area (Å²) < 4.78 is 5.97. The van der Waals surface area contributed by atoms with Gasteiger partial charge in [0.25, 0.3) is 0 Å². The number of hydrogen-bond acceptors (Lipinski definition) is 4. The van der Waals surface area contributed by atoms with Crippen molar-refractivity contribution in [2.45, 2.75) is 4.34 Å². The molecule has 0 saturated carbocycles. The second kappa shape index (κ2) is 5.69. The molecule has 2 aromatic carbocycles.